The van der Waals surface area contributed by atoms with E-state index in [4.69, 9.17) is 11.6 Å². The number of rotatable bonds is 2. The molecular formula is C17H11ClO. The predicted molar refractivity (Wildman–Crippen MR) is 78.7 cm³/mol. The first-order valence-corrected chi connectivity index (χ1v) is 6.42. The molecule has 3 rings (SSSR count). The van der Waals surface area contributed by atoms with Gasteiger partial charge in [0.2, 0.25) is 0 Å². The Bertz CT molecular complexity index is 704. The number of halogens is 1. The highest BCUT2D eigenvalue weighted by molar-refractivity contribution is 6.68. The van der Waals surface area contributed by atoms with E-state index in [1.165, 1.54) is 0 Å². The lowest BCUT2D eigenvalue weighted by atomic mass is 10.0. The van der Waals surface area contributed by atoms with Crippen LogP contribution in [0.1, 0.15) is 10.4 Å². The average molecular weight is 267 g/mol. The zero-order valence-corrected chi connectivity index (χ0v) is 10.9. The normalized spacial score (nSPS) is 10.6. The summed E-state index contributed by atoms with van der Waals surface area (Å²) in [5, 5.41) is -0.418. The van der Waals surface area contributed by atoms with Crippen LogP contribution in [0.4, 0.5) is 0 Å². The Balaban J connectivity index is 2.31. The van der Waals surface area contributed by atoms with E-state index in [1.54, 1.807) is 0 Å². The summed E-state index contributed by atoms with van der Waals surface area (Å²) >= 11 is 5.69. The van der Waals surface area contributed by atoms with E-state index in [2.05, 4.69) is 0 Å². The van der Waals surface area contributed by atoms with Crippen molar-refractivity contribution in [3.05, 3.63) is 72.3 Å². The van der Waals surface area contributed by atoms with E-state index >= 15 is 0 Å². The van der Waals surface area contributed by atoms with Crippen molar-refractivity contribution in [3.63, 3.8) is 0 Å². The van der Waals surface area contributed by atoms with Gasteiger partial charge >= 0.3 is 0 Å². The van der Waals surface area contributed by atoms with Crippen LogP contribution in [0.2, 0.25) is 0 Å². The number of carbonyl (C=O) groups excluding carboxylic acids is 1. The summed E-state index contributed by atoms with van der Waals surface area (Å²) in [6.45, 7) is 0. The molecule has 0 aromatic heterocycles. The van der Waals surface area contributed by atoms with Crippen molar-refractivity contribution in [2.24, 2.45) is 0 Å². The molecule has 0 aliphatic heterocycles. The van der Waals surface area contributed by atoms with Gasteiger partial charge < -0.3 is 0 Å². The second-order valence-electron chi connectivity index (χ2n) is 4.35. The lowest BCUT2D eigenvalue weighted by Crippen LogP contribution is -1.85. The summed E-state index contributed by atoms with van der Waals surface area (Å²) in [6.07, 6.45) is 0. The Hall–Kier alpha value is -2.12. The van der Waals surface area contributed by atoms with Crippen LogP contribution in [0.25, 0.3) is 22.3 Å². The van der Waals surface area contributed by atoms with Crippen LogP contribution in [0.3, 0.4) is 0 Å². The smallest absolute Gasteiger partial charge is 0.253 e. The quantitative estimate of drug-likeness (QED) is 0.607. The van der Waals surface area contributed by atoms with Gasteiger partial charge in [-0.25, -0.2) is 0 Å². The summed E-state index contributed by atoms with van der Waals surface area (Å²) in [5.74, 6) is 0. The largest absolute Gasteiger partial charge is 0.276 e. The minimum absolute atomic E-state index is 0.418. The molecule has 19 heavy (non-hydrogen) atoms. The highest BCUT2D eigenvalue weighted by Gasteiger charge is 2.19. The van der Waals surface area contributed by atoms with Gasteiger partial charge in [-0.3, -0.25) is 4.79 Å². The summed E-state index contributed by atoms with van der Waals surface area (Å²) in [7, 11) is 0. The molecule has 0 fully saturated rings. The fraction of sp³-hybridized carbons (Fsp3) is 0. The molecule has 1 aromatic carbocycles. The van der Waals surface area contributed by atoms with E-state index in [0.717, 1.165) is 22.3 Å². The fourth-order valence-electron chi connectivity index (χ4n) is 2.34. The van der Waals surface area contributed by atoms with Crippen LogP contribution < -0.4 is 0 Å². The van der Waals surface area contributed by atoms with Gasteiger partial charge in [-0.15, -0.1) is 0 Å². The summed E-state index contributed by atoms with van der Waals surface area (Å²) in [6, 6.07) is 21.7. The maximum Gasteiger partial charge on any atom is 0.253 e. The molecule has 1 aromatic rings. The molecule has 0 bridgehead atoms. The molecule has 0 saturated heterocycles. The molecule has 2 aliphatic rings. The molecule has 2 aliphatic carbocycles. The van der Waals surface area contributed by atoms with Crippen LogP contribution >= 0.6 is 11.6 Å². The highest BCUT2D eigenvalue weighted by Crippen LogP contribution is 2.38. The highest BCUT2D eigenvalue weighted by atomic mass is 35.5. The Morgan fingerprint density at radius 2 is 1.32 bits per heavy atom. The summed E-state index contributed by atoms with van der Waals surface area (Å²) < 4.78 is 0. The van der Waals surface area contributed by atoms with E-state index in [0.29, 0.717) is 5.56 Å². The van der Waals surface area contributed by atoms with Crippen molar-refractivity contribution in [2.75, 3.05) is 0 Å². The van der Waals surface area contributed by atoms with Crippen LogP contribution in [0.15, 0.2) is 66.7 Å². The number of benzene rings is 1. The van der Waals surface area contributed by atoms with Crippen molar-refractivity contribution < 1.29 is 4.79 Å². The van der Waals surface area contributed by atoms with E-state index in [1.807, 2.05) is 66.7 Å². The Morgan fingerprint density at radius 3 is 1.95 bits per heavy atom. The van der Waals surface area contributed by atoms with Crippen LogP contribution in [-0.4, -0.2) is 5.24 Å². The van der Waals surface area contributed by atoms with Crippen molar-refractivity contribution in [3.8, 4) is 22.3 Å². The molecule has 0 N–H and O–H groups in total. The second kappa shape index (κ2) is 4.87. The third-order valence-corrected chi connectivity index (χ3v) is 3.41. The predicted octanol–water partition coefficient (Wildman–Crippen LogP) is 4.84. The second-order valence-corrected chi connectivity index (χ2v) is 4.69. The zero-order chi connectivity index (χ0) is 13.2. The van der Waals surface area contributed by atoms with Gasteiger partial charge in [0.25, 0.3) is 5.24 Å². The van der Waals surface area contributed by atoms with Gasteiger partial charge in [0.1, 0.15) is 0 Å². The first kappa shape index (κ1) is 11.9. The summed E-state index contributed by atoms with van der Waals surface area (Å²) in [4.78, 5) is 11.6. The Kier molecular flexibility index (Phi) is 3.06. The fourth-order valence-corrected chi connectivity index (χ4v) is 2.49. The molecule has 0 atom stereocenters. The van der Waals surface area contributed by atoms with Gasteiger partial charge in [0.05, 0.1) is 0 Å². The van der Waals surface area contributed by atoms with Crippen molar-refractivity contribution in [1.82, 2.24) is 0 Å². The number of hydrogen-bond acceptors (Lipinski definition) is 1. The maximum absolute atomic E-state index is 11.6. The van der Waals surface area contributed by atoms with E-state index in [-0.39, 0.29) is 0 Å². The third kappa shape index (κ3) is 2.13. The minimum Gasteiger partial charge on any atom is -0.276 e. The maximum atomic E-state index is 11.6. The molecule has 0 radical (unpaired) electrons. The van der Waals surface area contributed by atoms with Gasteiger partial charge in [0.15, 0.2) is 0 Å². The molecule has 0 heterocycles. The number of hydrogen-bond donors (Lipinski definition) is 0. The Morgan fingerprint density at radius 1 is 0.737 bits per heavy atom. The van der Waals surface area contributed by atoms with Crippen LogP contribution in [-0.2, 0) is 0 Å². The van der Waals surface area contributed by atoms with Crippen LogP contribution in [0, 0.1) is 0 Å². The van der Waals surface area contributed by atoms with Crippen molar-refractivity contribution in [2.45, 2.75) is 0 Å². The molecular weight excluding hydrogens is 256 g/mol. The first-order valence-electron chi connectivity index (χ1n) is 6.04. The lowest BCUT2D eigenvalue weighted by molar-refractivity contribution is 0.108. The molecule has 0 spiro atoms. The third-order valence-electron chi connectivity index (χ3n) is 3.20. The van der Waals surface area contributed by atoms with Gasteiger partial charge in [-0.05, 0) is 39.9 Å². The zero-order valence-electron chi connectivity index (χ0n) is 10.1. The van der Waals surface area contributed by atoms with E-state index < -0.39 is 5.24 Å². The molecule has 2 heteroatoms. The Labute approximate surface area is 116 Å². The minimum atomic E-state index is -0.418. The monoisotopic (exact) mass is 266 g/mol. The number of carbonyl (C=O) groups is 1. The van der Waals surface area contributed by atoms with Crippen molar-refractivity contribution >= 4 is 16.8 Å². The molecule has 0 saturated carbocycles. The standard InChI is InChI=1S/C17H11ClO/c18-17(19)16-11-15(12-7-3-1-4-8-12)13-9-5-2-6-10-14(13)16/h1-11H. The van der Waals surface area contributed by atoms with Crippen molar-refractivity contribution in [1.29, 1.82) is 0 Å². The van der Waals surface area contributed by atoms with E-state index in [9.17, 15) is 4.79 Å². The van der Waals surface area contributed by atoms with Gasteiger partial charge in [-0.1, -0.05) is 60.7 Å². The topological polar surface area (TPSA) is 17.1 Å². The SMILES string of the molecule is O=C(Cl)c1cc(-c2ccccc2)c2cccccc1-2. The molecule has 92 valence electrons. The van der Waals surface area contributed by atoms with Gasteiger partial charge in [-0.2, -0.15) is 0 Å². The molecule has 0 amide bonds. The average Bonchev–Trinajstić information content (AvgIpc) is 2.62. The summed E-state index contributed by atoms with van der Waals surface area (Å²) in [5.41, 5.74) is 4.62. The first-order chi connectivity index (χ1) is 9.27. The molecule has 0 unspecified atom stereocenters. The lowest BCUT2D eigenvalue weighted by Gasteiger charge is -2.01. The van der Waals surface area contributed by atoms with Crippen LogP contribution in [0.5, 0.6) is 0 Å². The molecule has 1 nitrogen and oxygen atoms in total. The number of fused-ring (bicyclic) bond motifs is 1. The van der Waals surface area contributed by atoms with Gasteiger partial charge in [0, 0.05) is 5.56 Å².